The maximum Gasteiger partial charge on any atom is 0.240 e. The van der Waals surface area contributed by atoms with Gasteiger partial charge in [0.25, 0.3) is 0 Å². The number of carbonyl (C=O) groups is 1. The number of anilines is 2. The highest BCUT2D eigenvalue weighted by atomic mass is 32.2. The van der Waals surface area contributed by atoms with Crippen LogP contribution >= 0.6 is 0 Å². The molecule has 0 aromatic heterocycles. The molecule has 0 saturated carbocycles. The van der Waals surface area contributed by atoms with E-state index < -0.39 is 10.0 Å². The van der Waals surface area contributed by atoms with E-state index in [1.807, 2.05) is 13.8 Å². The number of nitrogen functional groups attached to an aromatic ring is 1. The molecule has 0 heterocycles. The van der Waals surface area contributed by atoms with Crippen LogP contribution in [0, 0.1) is 0 Å². The van der Waals surface area contributed by atoms with Crippen molar-refractivity contribution in [2.75, 3.05) is 17.6 Å². The standard InChI is InChI=1S/C11H18N4O3S/c1-7(2)15-11(16)6-14-9-4-3-8(12)5-10(9)19(13,17)18/h3-5,7,14H,6,12H2,1-2H3,(H,15,16)(H2,13,17,18). The summed E-state index contributed by atoms with van der Waals surface area (Å²) in [4.78, 5) is 11.3. The van der Waals surface area contributed by atoms with Crippen molar-refractivity contribution in [2.45, 2.75) is 24.8 Å². The van der Waals surface area contributed by atoms with Gasteiger partial charge in [-0.05, 0) is 32.0 Å². The van der Waals surface area contributed by atoms with E-state index in [0.717, 1.165) is 0 Å². The minimum absolute atomic E-state index is 0.0124. The highest BCUT2D eigenvalue weighted by molar-refractivity contribution is 7.89. The second-order valence-corrected chi connectivity index (χ2v) is 5.91. The Morgan fingerprint density at radius 3 is 2.53 bits per heavy atom. The number of primary sulfonamides is 1. The van der Waals surface area contributed by atoms with E-state index in [4.69, 9.17) is 10.9 Å². The van der Waals surface area contributed by atoms with E-state index >= 15 is 0 Å². The molecule has 0 radical (unpaired) electrons. The molecule has 0 aliphatic heterocycles. The van der Waals surface area contributed by atoms with Crippen LogP contribution in [0.25, 0.3) is 0 Å². The van der Waals surface area contributed by atoms with Gasteiger partial charge in [-0.2, -0.15) is 0 Å². The molecule has 1 amide bonds. The fourth-order valence-corrected chi connectivity index (χ4v) is 2.22. The summed E-state index contributed by atoms with van der Waals surface area (Å²) in [7, 11) is -3.90. The van der Waals surface area contributed by atoms with Crippen molar-refractivity contribution in [1.82, 2.24) is 5.32 Å². The quantitative estimate of drug-likeness (QED) is 0.560. The number of carbonyl (C=O) groups excluding carboxylic acids is 1. The Kier molecular flexibility index (Phi) is 4.73. The molecule has 19 heavy (non-hydrogen) atoms. The maximum atomic E-state index is 11.5. The molecule has 0 aliphatic rings. The Bertz CT molecular complexity index is 569. The van der Waals surface area contributed by atoms with Crippen LogP contribution in [0.4, 0.5) is 11.4 Å². The number of hydrogen-bond acceptors (Lipinski definition) is 5. The molecular weight excluding hydrogens is 268 g/mol. The van der Waals surface area contributed by atoms with E-state index in [9.17, 15) is 13.2 Å². The Labute approximate surface area is 112 Å². The molecule has 0 fully saturated rings. The van der Waals surface area contributed by atoms with Crippen molar-refractivity contribution in [3.63, 3.8) is 0 Å². The number of nitrogens with one attached hydrogen (secondary N) is 2. The molecule has 0 spiro atoms. The molecule has 0 saturated heterocycles. The van der Waals surface area contributed by atoms with Crippen molar-refractivity contribution < 1.29 is 13.2 Å². The first kappa shape index (κ1) is 15.3. The predicted octanol–water partition coefficient (Wildman–Crippen LogP) is -0.147. The lowest BCUT2D eigenvalue weighted by Gasteiger charge is -2.12. The van der Waals surface area contributed by atoms with Crippen LogP contribution in [0.5, 0.6) is 0 Å². The highest BCUT2D eigenvalue weighted by Crippen LogP contribution is 2.22. The Hall–Kier alpha value is -1.80. The van der Waals surface area contributed by atoms with Gasteiger partial charge in [0.15, 0.2) is 0 Å². The van der Waals surface area contributed by atoms with Crippen LogP contribution in [-0.4, -0.2) is 26.9 Å². The molecule has 1 aromatic rings. The highest BCUT2D eigenvalue weighted by Gasteiger charge is 2.15. The molecule has 8 heteroatoms. The number of benzene rings is 1. The first-order valence-electron chi connectivity index (χ1n) is 5.65. The first-order chi connectivity index (χ1) is 8.70. The van der Waals surface area contributed by atoms with Gasteiger partial charge in [0.2, 0.25) is 15.9 Å². The van der Waals surface area contributed by atoms with Crippen LogP contribution in [0.2, 0.25) is 0 Å². The summed E-state index contributed by atoms with van der Waals surface area (Å²) in [5, 5.41) is 10.5. The van der Waals surface area contributed by atoms with Crippen molar-refractivity contribution >= 4 is 27.3 Å². The van der Waals surface area contributed by atoms with Crippen molar-refractivity contribution in [3.8, 4) is 0 Å². The largest absolute Gasteiger partial charge is 0.399 e. The lowest BCUT2D eigenvalue weighted by Crippen LogP contribution is -2.35. The first-order valence-corrected chi connectivity index (χ1v) is 7.20. The zero-order valence-corrected chi connectivity index (χ0v) is 11.6. The Morgan fingerprint density at radius 2 is 2.00 bits per heavy atom. The van der Waals surface area contributed by atoms with E-state index in [1.165, 1.54) is 18.2 Å². The fraction of sp³-hybridized carbons (Fsp3) is 0.364. The molecule has 1 rings (SSSR count). The number of nitrogens with two attached hydrogens (primary N) is 2. The molecule has 0 unspecified atom stereocenters. The minimum Gasteiger partial charge on any atom is -0.399 e. The summed E-state index contributed by atoms with van der Waals surface area (Å²) >= 11 is 0. The summed E-state index contributed by atoms with van der Waals surface area (Å²) in [6, 6.07) is 4.26. The lowest BCUT2D eigenvalue weighted by atomic mass is 10.3. The van der Waals surface area contributed by atoms with Gasteiger partial charge in [0, 0.05) is 11.7 Å². The summed E-state index contributed by atoms with van der Waals surface area (Å²) < 4.78 is 22.8. The third-order valence-electron chi connectivity index (χ3n) is 2.20. The van der Waals surface area contributed by atoms with Gasteiger partial charge in [-0.1, -0.05) is 0 Å². The van der Waals surface area contributed by atoms with E-state index in [2.05, 4.69) is 10.6 Å². The second kappa shape index (κ2) is 5.89. The average Bonchev–Trinajstić information content (AvgIpc) is 2.25. The van der Waals surface area contributed by atoms with Gasteiger partial charge < -0.3 is 16.4 Å². The van der Waals surface area contributed by atoms with Gasteiger partial charge in [0.1, 0.15) is 4.90 Å². The molecule has 106 valence electrons. The van der Waals surface area contributed by atoms with Gasteiger partial charge in [0.05, 0.1) is 12.2 Å². The van der Waals surface area contributed by atoms with Crippen LogP contribution < -0.4 is 21.5 Å². The zero-order valence-electron chi connectivity index (χ0n) is 10.8. The van der Waals surface area contributed by atoms with Gasteiger partial charge in [-0.15, -0.1) is 0 Å². The van der Waals surface area contributed by atoms with E-state index in [-0.39, 0.29) is 34.8 Å². The summed E-state index contributed by atoms with van der Waals surface area (Å²) in [6.45, 7) is 3.61. The third-order valence-corrected chi connectivity index (χ3v) is 3.15. The topological polar surface area (TPSA) is 127 Å². The zero-order chi connectivity index (χ0) is 14.6. The Balaban J connectivity index is 2.88. The molecule has 7 nitrogen and oxygen atoms in total. The van der Waals surface area contributed by atoms with Crippen LogP contribution in [0.1, 0.15) is 13.8 Å². The summed E-state index contributed by atoms with van der Waals surface area (Å²) in [5.41, 5.74) is 6.04. The maximum absolute atomic E-state index is 11.5. The number of rotatable bonds is 5. The molecule has 0 atom stereocenters. The van der Waals surface area contributed by atoms with Gasteiger partial charge in [-0.25, -0.2) is 13.6 Å². The lowest BCUT2D eigenvalue weighted by molar-refractivity contribution is -0.119. The van der Waals surface area contributed by atoms with Crippen molar-refractivity contribution in [3.05, 3.63) is 18.2 Å². The normalized spacial score (nSPS) is 11.4. The number of hydrogen-bond donors (Lipinski definition) is 4. The van der Waals surface area contributed by atoms with Gasteiger partial charge >= 0.3 is 0 Å². The number of sulfonamides is 1. The monoisotopic (exact) mass is 286 g/mol. The second-order valence-electron chi connectivity index (χ2n) is 4.38. The fourth-order valence-electron chi connectivity index (χ4n) is 1.47. The third kappa shape index (κ3) is 4.76. The minimum atomic E-state index is -3.90. The molecular formula is C11H18N4O3S. The molecule has 0 aliphatic carbocycles. The van der Waals surface area contributed by atoms with Crippen LogP contribution in [0.3, 0.4) is 0 Å². The van der Waals surface area contributed by atoms with Crippen molar-refractivity contribution in [2.24, 2.45) is 5.14 Å². The smallest absolute Gasteiger partial charge is 0.240 e. The molecule has 0 bridgehead atoms. The molecule has 1 aromatic carbocycles. The van der Waals surface area contributed by atoms with E-state index in [0.29, 0.717) is 0 Å². The molecule has 6 N–H and O–H groups in total. The number of amides is 1. The van der Waals surface area contributed by atoms with Crippen LogP contribution in [0.15, 0.2) is 23.1 Å². The Morgan fingerprint density at radius 1 is 1.37 bits per heavy atom. The van der Waals surface area contributed by atoms with Crippen molar-refractivity contribution in [1.29, 1.82) is 0 Å². The van der Waals surface area contributed by atoms with E-state index in [1.54, 1.807) is 0 Å². The predicted molar refractivity (Wildman–Crippen MR) is 74.0 cm³/mol. The van der Waals surface area contributed by atoms with Gasteiger partial charge in [-0.3, -0.25) is 4.79 Å². The average molecular weight is 286 g/mol. The SMILES string of the molecule is CC(C)NC(=O)CNc1ccc(N)cc1S(N)(=O)=O. The summed E-state index contributed by atoms with van der Waals surface area (Å²) in [6.07, 6.45) is 0. The van der Waals surface area contributed by atoms with Crippen LogP contribution in [-0.2, 0) is 14.8 Å². The summed E-state index contributed by atoms with van der Waals surface area (Å²) in [5.74, 6) is -0.243.